The third-order valence-electron chi connectivity index (χ3n) is 1.83. The van der Waals surface area contributed by atoms with E-state index in [1.165, 1.54) is 11.5 Å². The molecular formula is C9H6ClNO2S. The molecule has 2 aromatic rings. The van der Waals surface area contributed by atoms with E-state index < -0.39 is 5.97 Å². The highest BCUT2D eigenvalue weighted by Gasteiger charge is 2.09. The van der Waals surface area contributed by atoms with E-state index in [1.807, 2.05) is 0 Å². The predicted octanol–water partition coefficient (Wildman–Crippen LogP) is 2.58. The highest BCUT2D eigenvalue weighted by atomic mass is 35.5. The van der Waals surface area contributed by atoms with E-state index in [1.54, 1.807) is 18.2 Å². The quantitative estimate of drug-likeness (QED) is 0.858. The molecule has 0 aliphatic heterocycles. The number of carboxylic acid groups (broad SMARTS) is 1. The minimum Gasteiger partial charge on any atom is -0.481 e. The van der Waals surface area contributed by atoms with E-state index in [0.29, 0.717) is 10.7 Å². The molecule has 2 rings (SSSR count). The van der Waals surface area contributed by atoms with Crippen LogP contribution < -0.4 is 0 Å². The number of benzene rings is 1. The van der Waals surface area contributed by atoms with E-state index in [4.69, 9.17) is 16.7 Å². The van der Waals surface area contributed by atoms with Gasteiger partial charge < -0.3 is 5.11 Å². The number of hydrogen-bond donors (Lipinski definition) is 1. The van der Waals surface area contributed by atoms with Crippen LogP contribution in [0.3, 0.4) is 0 Å². The number of nitrogens with zero attached hydrogens (tertiary/aromatic N) is 1. The van der Waals surface area contributed by atoms with E-state index in [9.17, 15) is 4.79 Å². The van der Waals surface area contributed by atoms with E-state index in [2.05, 4.69) is 4.37 Å². The summed E-state index contributed by atoms with van der Waals surface area (Å²) in [5.74, 6) is -0.868. The molecule has 3 nitrogen and oxygen atoms in total. The highest BCUT2D eigenvalue weighted by molar-refractivity contribution is 7.13. The first-order chi connectivity index (χ1) is 6.66. The Kier molecular flexibility index (Phi) is 2.39. The lowest BCUT2D eigenvalue weighted by Crippen LogP contribution is -2.00. The van der Waals surface area contributed by atoms with Gasteiger partial charge in [-0.15, -0.1) is 0 Å². The van der Waals surface area contributed by atoms with Crippen LogP contribution in [0.25, 0.3) is 10.1 Å². The molecule has 0 bridgehead atoms. The number of halogens is 1. The minimum absolute atomic E-state index is 0.0400. The lowest BCUT2D eigenvalue weighted by Gasteiger charge is -1.93. The van der Waals surface area contributed by atoms with Gasteiger partial charge in [-0.2, -0.15) is 4.37 Å². The standard InChI is InChI=1S/C9H6ClNO2S/c10-5-1-2-6-7(4-9(12)13)11-14-8(6)3-5/h1-3H,4H2,(H,12,13). The fourth-order valence-corrected chi connectivity index (χ4v) is 2.31. The van der Waals surface area contributed by atoms with Crippen LogP contribution in [0.1, 0.15) is 5.69 Å². The topological polar surface area (TPSA) is 50.2 Å². The lowest BCUT2D eigenvalue weighted by atomic mass is 10.2. The largest absolute Gasteiger partial charge is 0.481 e. The first kappa shape index (κ1) is 9.43. The molecule has 0 radical (unpaired) electrons. The number of hydrogen-bond acceptors (Lipinski definition) is 3. The number of aromatic nitrogens is 1. The molecule has 72 valence electrons. The molecular weight excluding hydrogens is 222 g/mol. The normalized spacial score (nSPS) is 10.6. The summed E-state index contributed by atoms with van der Waals surface area (Å²) in [6, 6.07) is 5.34. The summed E-state index contributed by atoms with van der Waals surface area (Å²) >= 11 is 7.07. The van der Waals surface area contributed by atoms with Crippen molar-refractivity contribution in [3.05, 3.63) is 28.9 Å². The molecule has 0 aliphatic carbocycles. The fraction of sp³-hybridized carbons (Fsp3) is 0.111. The van der Waals surface area contributed by atoms with Crippen molar-refractivity contribution in [3.8, 4) is 0 Å². The molecule has 14 heavy (non-hydrogen) atoms. The Morgan fingerprint density at radius 3 is 3.07 bits per heavy atom. The average molecular weight is 228 g/mol. The predicted molar refractivity (Wildman–Crippen MR) is 56.0 cm³/mol. The van der Waals surface area contributed by atoms with Crippen molar-refractivity contribution in [1.82, 2.24) is 4.37 Å². The van der Waals surface area contributed by atoms with Crippen molar-refractivity contribution >= 4 is 39.2 Å². The van der Waals surface area contributed by atoms with Crippen molar-refractivity contribution in [1.29, 1.82) is 0 Å². The molecule has 1 aromatic heterocycles. The van der Waals surface area contributed by atoms with Crippen LogP contribution in [0.5, 0.6) is 0 Å². The second-order valence-corrected chi connectivity index (χ2v) is 4.08. The molecule has 0 aliphatic rings. The molecule has 0 atom stereocenters. The number of aliphatic carboxylic acids is 1. The summed E-state index contributed by atoms with van der Waals surface area (Å²) in [5, 5.41) is 10.2. The van der Waals surface area contributed by atoms with Gasteiger partial charge >= 0.3 is 5.97 Å². The summed E-state index contributed by atoms with van der Waals surface area (Å²) in [6.07, 6.45) is -0.0400. The van der Waals surface area contributed by atoms with Gasteiger partial charge in [0.15, 0.2) is 0 Å². The molecule has 1 heterocycles. The SMILES string of the molecule is O=C(O)Cc1nsc2cc(Cl)ccc12. The van der Waals surface area contributed by atoms with Crippen molar-refractivity contribution in [3.63, 3.8) is 0 Å². The Balaban J connectivity index is 2.52. The first-order valence-electron chi connectivity index (χ1n) is 3.92. The molecule has 0 saturated heterocycles. The second-order valence-electron chi connectivity index (χ2n) is 2.84. The summed E-state index contributed by atoms with van der Waals surface area (Å²) in [6.45, 7) is 0. The van der Waals surface area contributed by atoms with Crippen LogP contribution in [-0.2, 0) is 11.2 Å². The van der Waals surface area contributed by atoms with Crippen molar-refractivity contribution in [2.24, 2.45) is 0 Å². The minimum atomic E-state index is -0.868. The zero-order valence-electron chi connectivity index (χ0n) is 7.03. The van der Waals surface area contributed by atoms with E-state index in [-0.39, 0.29) is 6.42 Å². The number of rotatable bonds is 2. The van der Waals surface area contributed by atoms with Gasteiger partial charge in [0.2, 0.25) is 0 Å². The van der Waals surface area contributed by atoms with Crippen LogP contribution in [0, 0.1) is 0 Å². The van der Waals surface area contributed by atoms with Crippen molar-refractivity contribution in [2.45, 2.75) is 6.42 Å². The number of fused-ring (bicyclic) bond motifs is 1. The maximum Gasteiger partial charge on any atom is 0.309 e. The summed E-state index contributed by atoms with van der Waals surface area (Å²) < 4.78 is 5.00. The third-order valence-corrected chi connectivity index (χ3v) is 2.91. The van der Waals surface area contributed by atoms with Gasteiger partial charge in [-0.05, 0) is 23.7 Å². The Morgan fingerprint density at radius 2 is 2.36 bits per heavy atom. The Hall–Kier alpha value is -1.13. The third kappa shape index (κ3) is 1.71. The molecule has 1 N–H and O–H groups in total. The Morgan fingerprint density at radius 1 is 1.57 bits per heavy atom. The van der Waals surface area contributed by atoms with E-state index >= 15 is 0 Å². The first-order valence-corrected chi connectivity index (χ1v) is 5.07. The van der Waals surface area contributed by atoms with Crippen LogP contribution in [0.4, 0.5) is 0 Å². The van der Waals surface area contributed by atoms with Crippen LogP contribution >= 0.6 is 23.1 Å². The zero-order valence-corrected chi connectivity index (χ0v) is 8.60. The number of carbonyl (C=O) groups is 1. The molecule has 1 aromatic carbocycles. The molecule has 0 amide bonds. The summed E-state index contributed by atoms with van der Waals surface area (Å²) in [4.78, 5) is 10.5. The molecule has 0 spiro atoms. The van der Waals surface area contributed by atoms with Crippen LogP contribution in [0.2, 0.25) is 5.02 Å². The zero-order chi connectivity index (χ0) is 10.1. The Labute approximate surface area is 89.1 Å². The summed E-state index contributed by atoms with van der Waals surface area (Å²) in [5.41, 5.74) is 0.606. The highest BCUT2D eigenvalue weighted by Crippen LogP contribution is 2.26. The fourth-order valence-electron chi connectivity index (χ4n) is 1.23. The number of carboxylic acids is 1. The summed E-state index contributed by atoms with van der Waals surface area (Å²) in [7, 11) is 0. The lowest BCUT2D eigenvalue weighted by molar-refractivity contribution is -0.136. The van der Waals surface area contributed by atoms with Gasteiger partial charge in [-0.25, -0.2) is 0 Å². The van der Waals surface area contributed by atoms with Gasteiger partial charge in [-0.1, -0.05) is 17.7 Å². The molecule has 0 saturated carbocycles. The molecule has 0 fully saturated rings. The Bertz CT molecular complexity index is 495. The smallest absolute Gasteiger partial charge is 0.309 e. The van der Waals surface area contributed by atoms with Crippen molar-refractivity contribution in [2.75, 3.05) is 0 Å². The van der Waals surface area contributed by atoms with Crippen molar-refractivity contribution < 1.29 is 9.90 Å². The van der Waals surface area contributed by atoms with Gasteiger partial charge in [0.05, 0.1) is 16.8 Å². The molecule has 5 heteroatoms. The molecule has 0 unspecified atom stereocenters. The van der Waals surface area contributed by atoms with Gasteiger partial charge in [0, 0.05) is 10.4 Å². The van der Waals surface area contributed by atoms with Crippen LogP contribution in [0.15, 0.2) is 18.2 Å². The van der Waals surface area contributed by atoms with Gasteiger partial charge in [-0.3, -0.25) is 4.79 Å². The average Bonchev–Trinajstić information content (AvgIpc) is 2.47. The second kappa shape index (κ2) is 3.55. The van der Waals surface area contributed by atoms with Gasteiger partial charge in [0.1, 0.15) is 0 Å². The van der Waals surface area contributed by atoms with E-state index in [0.717, 1.165) is 10.1 Å². The maximum atomic E-state index is 10.5. The maximum absolute atomic E-state index is 10.5. The van der Waals surface area contributed by atoms with Gasteiger partial charge in [0.25, 0.3) is 0 Å². The monoisotopic (exact) mass is 227 g/mol. The van der Waals surface area contributed by atoms with Crippen LogP contribution in [-0.4, -0.2) is 15.4 Å².